The summed E-state index contributed by atoms with van der Waals surface area (Å²) in [5.41, 5.74) is 3.60. The molecule has 2 aliphatic heterocycles. The van der Waals surface area contributed by atoms with E-state index in [4.69, 9.17) is 9.31 Å². The summed E-state index contributed by atoms with van der Waals surface area (Å²) in [5, 5.41) is 0. The summed E-state index contributed by atoms with van der Waals surface area (Å²) in [6.07, 6.45) is 6.68. The molecule has 3 aliphatic rings. The second-order valence-corrected chi connectivity index (χ2v) is 8.73. The van der Waals surface area contributed by atoms with Crippen molar-refractivity contribution < 1.29 is 9.31 Å². The summed E-state index contributed by atoms with van der Waals surface area (Å²) in [7, 11) is -0.247. The second kappa shape index (κ2) is 5.77. The van der Waals surface area contributed by atoms with Crippen LogP contribution >= 0.6 is 0 Å². The molecule has 0 atom stereocenters. The third-order valence-corrected chi connectivity index (χ3v) is 6.29. The topological polar surface area (TPSA) is 21.7 Å². The molecular formula is C20H30BNO2. The highest BCUT2D eigenvalue weighted by molar-refractivity contribution is 6.62. The molecule has 0 bridgehead atoms. The van der Waals surface area contributed by atoms with Gasteiger partial charge in [-0.15, -0.1) is 0 Å². The Morgan fingerprint density at radius 2 is 1.58 bits per heavy atom. The maximum Gasteiger partial charge on any atom is 0.494 e. The Bertz CT molecular complexity index is 602. The van der Waals surface area contributed by atoms with Gasteiger partial charge in [0.1, 0.15) is 0 Å². The van der Waals surface area contributed by atoms with Crippen LogP contribution < -0.4 is 10.4 Å². The van der Waals surface area contributed by atoms with Crippen molar-refractivity contribution >= 4 is 18.3 Å². The van der Waals surface area contributed by atoms with Crippen LogP contribution in [0.3, 0.4) is 0 Å². The van der Waals surface area contributed by atoms with Crippen LogP contribution in [-0.4, -0.2) is 31.4 Å². The molecule has 4 heteroatoms. The Kier molecular flexibility index (Phi) is 3.96. The van der Waals surface area contributed by atoms with Crippen molar-refractivity contribution in [3.63, 3.8) is 0 Å². The van der Waals surface area contributed by atoms with Crippen molar-refractivity contribution in [3.8, 4) is 0 Å². The van der Waals surface area contributed by atoms with Crippen LogP contribution in [0.4, 0.5) is 5.69 Å². The molecule has 2 saturated heterocycles. The van der Waals surface area contributed by atoms with E-state index in [9.17, 15) is 0 Å². The zero-order valence-corrected chi connectivity index (χ0v) is 15.6. The molecule has 0 amide bonds. The molecule has 1 aliphatic carbocycles. The third-order valence-electron chi connectivity index (χ3n) is 6.29. The van der Waals surface area contributed by atoms with E-state index >= 15 is 0 Å². The Balaban J connectivity index is 1.63. The fourth-order valence-electron chi connectivity index (χ4n) is 3.84. The number of anilines is 1. The van der Waals surface area contributed by atoms with Gasteiger partial charge in [-0.3, -0.25) is 0 Å². The molecule has 0 radical (unpaired) electrons. The zero-order chi connectivity index (χ0) is 16.9. The Morgan fingerprint density at radius 1 is 0.958 bits per heavy atom. The highest BCUT2D eigenvalue weighted by Crippen LogP contribution is 2.45. The zero-order valence-electron chi connectivity index (χ0n) is 15.6. The lowest BCUT2D eigenvalue weighted by molar-refractivity contribution is 0.00578. The molecule has 0 spiro atoms. The van der Waals surface area contributed by atoms with Gasteiger partial charge in [-0.2, -0.15) is 0 Å². The van der Waals surface area contributed by atoms with Crippen molar-refractivity contribution in [2.24, 2.45) is 0 Å². The molecule has 24 heavy (non-hydrogen) atoms. The molecule has 1 aromatic carbocycles. The van der Waals surface area contributed by atoms with E-state index < -0.39 is 0 Å². The summed E-state index contributed by atoms with van der Waals surface area (Å²) in [5.74, 6) is 0.740. The first-order valence-electron chi connectivity index (χ1n) is 9.62. The first-order chi connectivity index (χ1) is 11.4. The van der Waals surface area contributed by atoms with E-state index in [1.165, 1.54) is 61.9 Å². The first kappa shape index (κ1) is 16.5. The lowest BCUT2D eigenvalue weighted by atomic mass is 9.77. The Hall–Kier alpha value is -0.995. The average Bonchev–Trinajstić information content (AvgIpc) is 3.35. The highest BCUT2D eigenvalue weighted by atomic mass is 16.7. The van der Waals surface area contributed by atoms with Crippen molar-refractivity contribution in [3.05, 3.63) is 23.8 Å². The van der Waals surface area contributed by atoms with Gasteiger partial charge in [0.05, 0.1) is 11.2 Å². The van der Waals surface area contributed by atoms with Gasteiger partial charge < -0.3 is 14.2 Å². The van der Waals surface area contributed by atoms with Gasteiger partial charge in [0.2, 0.25) is 0 Å². The van der Waals surface area contributed by atoms with Crippen LogP contribution in [0.25, 0.3) is 0 Å². The molecule has 2 heterocycles. The standard InChI is InChI=1S/C20H30BNO2/c1-19(2)20(3,4)24-21(23-19)16-10-11-18(17(14-16)15-8-9-15)22-12-6-5-7-13-22/h10-11,14-15H,5-9,12-13H2,1-4H3. The predicted octanol–water partition coefficient (Wildman–Crippen LogP) is 3.85. The normalized spacial score (nSPS) is 26.0. The third kappa shape index (κ3) is 2.88. The van der Waals surface area contributed by atoms with E-state index in [-0.39, 0.29) is 18.3 Å². The minimum atomic E-state index is -0.275. The number of nitrogens with zero attached hydrogens (tertiary/aromatic N) is 1. The smallest absolute Gasteiger partial charge is 0.399 e. The van der Waals surface area contributed by atoms with Crippen molar-refractivity contribution in [1.29, 1.82) is 0 Å². The highest BCUT2D eigenvalue weighted by Gasteiger charge is 2.51. The Labute approximate surface area is 146 Å². The molecular weight excluding hydrogens is 297 g/mol. The van der Waals surface area contributed by atoms with Crippen LogP contribution in [0.15, 0.2) is 18.2 Å². The van der Waals surface area contributed by atoms with Crippen LogP contribution in [-0.2, 0) is 9.31 Å². The van der Waals surface area contributed by atoms with Gasteiger partial charge in [-0.1, -0.05) is 12.1 Å². The maximum atomic E-state index is 6.25. The van der Waals surface area contributed by atoms with Crippen LogP contribution in [0, 0.1) is 0 Å². The van der Waals surface area contributed by atoms with E-state index in [2.05, 4.69) is 50.8 Å². The molecule has 130 valence electrons. The van der Waals surface area contributed by atoms with Crippen LogP contribution in [0.5, 0.6) is 0 Å². The lowest BCUT2D eigenvalue weighted by Crippen LogP contribution is -2.41. The fraction of sp³-hybridized carbons (Fsp3) is 0.700. The minimum Gasteiger partial charge on any atom is -0.399 e. The fourth-order valence-corrected chi connectivity index (χ4v) is 3.84. The molecule has 0 unspecified atom stereocenters. The average molecular weight is 327 g/mol. The molecule has 0 N–H and O–H groups in total. The quantitative estimate of drug-likeness (QED) is 0.787. The molecule has 1 saturated carbocycles. The number of hydrogen-bond acceptors (Lipinski definition) is 3. The largest absolute Gasteiger partial charge is 0.494 e. The molecule has 4 rings (SSSR count). The maximum absolute atomic E-state index is 6.25. The van der Waals surface area contributed by atoms with E-state index in [0.29, 0.717) is 0 Å². The van der Waals surface area contributed by atoms with Gasteiger partial charge in [0.15, 0.2) is 0 Å². The summed E-state index contributed by atoms with van der Waals surface area (Å²) >= 11 is 0. The molecule has 3 fully saturated rings. The van der Waals surface area contributed by atoms with Crippen molar-refractivity contribution in [2.75, 3.05) is 18.0 Å². The molecule has 3 nitrogen and oxygen atoms in total. The summed E-state index contributed by atoms with van der Waals surface area (Å²) in [4.78, 5) is 2.59. The van der Waals surface area contributed by atoms with E-state index in [0.717, 1.165) is 5.92 Å². The monoisotopic (exact) mass is 327 g/mol. The summed E-state index contributed by atoms with van der Waals surface area (Å²) < 4.78 is 12.5. The SMILES string of the molecule is CC1(C)OB(c2ccc(N3CCCCC3)c(C3CC3)c2)OC1(C)C. The minimum absolute atomic E-state index is 0.247. The number of hydrogen-bond donors (Lipinski definition) is 0. The van der Waals surface area contributed by atoms with Crippen molar-refractivity contribution in [1.82, 2.24) is 0 Å². The van der Waals surface area contributed by atoms with E-state index in [1.54, 1.807) is 0 Å². The molecule has 1 aromatic rings. The second-order valence-electron chi connectivity index (χ2n) is 8.73. The number of rotatable bonds is 3. The Morgan fingerprint density at radius 3 is 2.17 bits per heavy atom. The molecule has 0 aromatic heterocycles. The van der Waals surface area contributed by atoms with Gasteiger partial charge in [-0.05, 0) is 82.8 Å². The first-order valence-corrected chi connectivity index (χ1v) is 9.62. The van der Waals surface area contributed by atoms with Crippen molar-refractivity contribution in [2.45, 2.75) is 76.9 Å². The van der Waals surface area contributed by atoms with E-state index in [1.807, 2.05) is 0 Å². The van der Waals surface area contributed by atoms with Gasteiger partial charge >= 0.3 is 7.12 Å². The van der Waals surface area contributed by atoms with Gasteiger partial charge in [0.25, 0.3) is 0 Å². The number of piperidine rings is 1. The van der Waals surface area contributed by atoms with Gasteiger partial charge in [-0.25, -0.2) is 0 Å². The number of benzene rings is 1. The van der Waals surface area contributed by atoms with Crippen LogP contribution in [0.2, 0.25) is 0 Å². The lowest BCUT2D eigenvalue weighted by Gasteiger charge is -2.32. The predicted molar refractivity (Wildman–Crippen MR) is 100 cm³/mol. The summed E-state index contributed by atoms with van der Waals surface area (Å²) in [6, 6.07) is 6.90. The van der Waals surface area contributed by atoms with Crippen LogP contribution in [0.1, 0.15) is 71.3 Å². The summed E-state index contributed by atoms with van der Waals surface area (Å²) in [6.45, 7) is 10.9. The van der Waals surface area contributed by atoms with Gasteiger partial charge in [0, 0.05) is 18.8 Å².